The molecular weight excluding hydrogens is 336 g/mol. The maximum absolute atomic E-state index is 12.4. The Hall–Kier alpha value is -2.17. The van der Waals surface area contributed by atoms with E-state index in [0.29, 0.717) is 17.9 Å². The predicted molar refractivity (Wildman–Crippen MR) is 106 cm³/mol. The van der Waals surface area contributed by atoms with E-state index in [1.165, 1.54) is 11.1 Å². The van der Waals surface area contributed by atoms with Crippen molar-refractivity contribution in [2.45, 2.75) is 24.9 Å². The highest BCUT2D eigenvalue weighted by molar-refractivity contribution is 5.77. The van der Waals surface area contributed by atoms with Gasteiger partial charge in [0.05, 0.1) is 0 Å². The zero-order chi connectivity index (χ0) is 18.6. The molecule has 2 heterocycles. The molecule has 2 fully saturated rings. The molecule has 1 amide bonds. The number of likely N-dealkylation sites (tertiary alicyclic amines) is 2. The molecule has 0 aromatic heterocycles. The molecule has 4 nitrogen and oxygen atoms in total. The highest BCUT2D eigenvalue weighted by Gasteiger charge is 2.45. The lowest BCUT2D eigenvalue weighted by Gasteiger charge is -2.39. The average molecular weight is 364 g/mol. The Morgan fingerprint density at radius 1 is 1.04 bits per heavy atom. The molecule has 0 aliphatic carbocycles. The van der Waals surface area contributed by atoms with Crippen LogP contribution in [-0.2, 0) is 16.1 Å². The van der Waals surface area contributed by atoms with E-state index in [2.05, 4.69) is 65.6 Å². The summed E-state index contributed by atoms with van der Waals surface area (Å²) < 4.78 is 5.08. The summed E-state index contributed by atoms with van der Waals surface area (Å²) in [5.74, 6) is 1.06. The number of carbonyl (C=O) groups excluding carboxylic acids is 1. The Kier molecular flexibility index (Phi) is 5.55. The van der Waals surface area contributed by atoms with Gasteiger partial charge >= 0.3 is 0 Å². The summed E-state index contributed by atoms with van der Waals surface area (Å²) in [6.45, 7) is 3.88. The molecule has 0 N–H and O–H groups in total. The number of benzene rings is 2. The largest absolute Gasteiger partial charge is 0.375 e. The third kappa shape index (κ3) is 3.92. The summed E-state index contributed by atoms with van der Waals surface area (Å²) in [5.41, 5.74) is 2.76. The smallest absolute Gasteiger partial charge is 0.248 e. The molecule has 2 saturated heterocycles. The molecule has 27 heavy (non-hydrogen) atoms. The van der Waals surface area contributed by atoms with Crippen LogP contribution >= 0.6 is 0 Å². The Morgan fingerprint density at radius 3 is 2.44 bits per heavy atom. The molecule has 2 aliphatic rings. The standard InChI is InChI=1S/C23H28N2O2/c1-27-17-23(26)24-13-12-22-21(16-24)20(19-10-6-3-7-11-19)15-25(22)14-18-8-4-2-5-9-18/h2-11,20-22H,12-17H2,1H3/t20-,21-,22-/m1/s1. The van der Waals surface area contributed by atoms with Gasteiger partial charge in [-0.3, -0.25) is 9.69 Å². The Balaban J connectivity index is 1.56. The Morgan fingerprint density at radius 2 is 1.74 bits per heavy atom. The van der Waals surface area contributed by atoms with Crippen molar-refractivity contribution < 1.29 is 9.53 Å². The minimum Gasteiger partial charge on any atom is -0.375 e. The van der Waals surface area contributed by atoms with Crippen molar-refractivity contribution >= 4 is 5.91 Å². The van der Waals surface area contributed by atoms with Gasteiger partial charge in [0.2, 0.25) is 5.91 Å². The normalized spacial score (nSPS) is 25.4. The number of nitrogens with zero attached hydrogens (tertiary/aromatic N) is 2. The Labute approximate surface area is 161 Å². The molecule has 0 saturated carbocycles. The van der Waals surface area contributed by atoms with Gasteiger partial charge < -0.3 is 9.64 Å². The number of methoxy groups -OCH3 is 1. The van der Waals surface area contributed by atoms with Crippen molar-refractivity contribution in [1.82, 2.24) is 9.80 Å². The molecular formula is C23H28N2O2. The fraction of sp³-hybridized carbons (Fsp3) is 0.435. The summed E-state index contributed by atoms with van der Waals surface area (Å²) in [5, 5.41) is 0. The lowest BCUT2D eigenvalue weighted by atomic mass is 9.82. The summed E-state index contributed by atoms with van der Waals surface area (Å²) in [6, 6.07) is 22.1. The molecule has 3 atom stereocenters. The monoisotopic (exact) mass is 364 g/mol. The van der Waals surface area contributed by atoms with E-state index in [4.69, 9.17) is 4.74 Å². The molecule has 142 valence electrons. The van der Waals surface area contributed by atoms with Crippen LogP contribution in [0.3, 0.4) is 0 Å². The number of fused-ring (bicyclic) bond motifs is 1. The van der Waals surface area contributed by atoms with Crippen molar-refractivity contribution in [2.75, 3.05) is 33.4 Å². The predicted octanol–water partition coefficient (Wildman–Crippen LogP) is 3.15. The first-order chi connectivity index (χ1) is 13.3. The Bertz CT molecular complexity index is 749. The van der Waals surface area contributed by atoms with Gasteiger partial charge in [0.1, 0.15) is 6.61 Å². The van der Waals surface area contributed by atoms with E-state index in [1.54, 1.807) is 7.11 Å². The number of piperidine rings is 1. The van der Waals surface area contributed by atoms with Crippen LogP contribution in [0.15, 0.2) is 60.7 Å². The van der Waals surface area contributed by atoms with E-state index in [0.717, 1.165) is 32.6 Å². The quantitative estimate of drug-likeness (QED) is 0.817. The number of ether oxygens (including phenoxy) is 1. The van der Waals surface area contributed by atoms with Crippen LogP contribution < -0.4 is 0 Å². The number of amides is 1. The first kappa shape index (κ1) is 18.2. The van der Waals surface area contributed by atoms with Crippen molar-refractivity contribution in [3.63, 3.8) is 0 Å². The van der Waals surface area contributed by atoms with Gasteiger partial charge in [-0.25, -0.2) is 0 Å². The van der Waals surface area contributed by atoms with Crippen molar-refractivity contribution in [1.29, 1.82) is 0 Å². The van der Waals surface area contributed by atoms with Crippen LogP contribution in [0.4, 0.5) is 0 Å². The highest BCUT2D eigenvalue weighted by atomic mass is 16.5. The summed E-state index contributed by atoms with van der Waals surface area (Å²) in [4.78, 5) is 17.0. The second-order valence-electron chi connectivity index (χ2n) is 7.72. The minimum atomic E-state index is 0.115. The van der Waals surface area contributed by atoms with Gasteiger partial charge in [0, 0.05) is 51.2 Å². The summed E-state index contributed by atoms with van der Waals surface area (Å²) >= 11 is 0. The van der Waals surface area contributed by atoms with Crippen LogP contribution in [0.1, 0.15) is 23.5 Å². The van der Waals surface area contributed by atoms with E-state index in [9.17, 15) is 4.79 Å². The summed E-state index contributed by atoms with van der Waals surface area (Å²) in [6.07, 6.45) is 1.04. The van der Waals surface area contributed by atoms with Gasteiger partial charge in [0.15, 0.2) is 0 Å². The molecule has 0 unspecified atom stereocenters. The molecule has 2 aromatic rings. The number of hydrogen-bond donors (Lipinski definition) is 0. The lowest BCUT2D eigenvalue weighted by molar-refractivity contribution is -0.137. The number of hydrogen-bond acceptors (Lipinski definition) is 3. The first-order valence-electron chi connectivity index (χ1n) is 9.86. The number of rotatable bonds is 5. The van der Waals surface area contributed by atoms with Crippen LogP contribution in [0, 0.1) is 5.92 Å². The first-order valence-corrected chi connectivity index (χ1v) is 9.86. The van der Waals surface area contributed by atoms with Crippen molar-refractivity contribution in [3.05, 3.63) is 71.8 Å². The molecule has 2 aromatic carbocycles. The molecule has 0 spiro atoms. The van der Waals surface area contributed by atoms with Crippen LogP contribution in [0.2, 0.25) is 0 Å². The third-order valence-corrected chi connectivity index (χ3v) is 6.11. The van der Waals surface area contributed by atoms with Gasteiger partial charge in [-0.2, -0.15) is 0 Å². The molecule has 0 bridgehead atoms. The van der Waals surface area contributed by atoms with E-state index in [1.807, 2.05) is 4.90 Å². The third-order valence-electron chi connectivity index (χ3n) is 6.11. The molecule has 0 radical (unpaired) electrons. The van der Waals surface area contributed by atoms with E-state index < -0.39 is 0 Å². The van der Waals surface area contributed by atoms with Crippen LogP contribution in [-0.4, -0.2) is 55.1 Å². The zero-order valence-corrected chi connectivity index (χ0v) is 16.0. The zero-order valence-electron chi connectivity index (χ0n) is 16.0. The van der Waals surface area contributed by atoms with Crippen LogP contribution in [0.25, 0.3) is 0 Å². The van der Waals surface area contributed by atoms with Crippen molar-refractivity contribution in [3.8, 4) is 0 Å². The van der Waals surface area contributed by atoms with E-state index in [-0.39, 0.29) is 12.5 Å². The maximum Gasteiger partial charge on any atom is 0.248 e. The number of carbonyl (C=O) groups is 1. The van der Waals surface area contributed by atoms with Crippen molar-refractivity contribution in [2.24, 2.45) is 5.92 Å². The van der Waals surface area contributed by atoms with Gasteiger partial charge in [-0.15, -0.1) is 0 Å². The molecule has 4 heteroatoms. The van der Waals surface area contributed by atoms with Gasteiger partial charge in [-0.1, -0.05) is 60.7 Å². The lowest BCUT2D eigenvalue weighted by Crippen LogP contribution is -2.49. The fourth-order valence-corrected chi connectivity index (χ4v) is 4.84. The second kappa shape index (κ2) is 8.24. The van der Waals surface area contributed by atoms with Crippen LogP contribution in [0.5, 0.6) is 0 Å². The molecule has 2 aliphatic heterocycles. The average Bonchev–Trinajstić information content (AvgIpc) is 3.07. The minimum absolute atomic E-state index is 0.115. The SMILES string of the molecule is COCC(=O)N1CC[C@@H]2[C@H](C1)[C@@H](c1ccccc1)CN2Cc1ccccc1. The van der Waals surface area contributed by atoms with Gasteiger partial charge in [-0.05, 0) is 17.5 Å². The molecule has 4 rings (SSSR count). The highest BCUT2D eigenvalue weighted by Crippen LogP contribution is 2.42. The summed E-state index contributed by atoms with van der Waals surface area (Å²) in [7, 11) is 1.59. The topological polar surface area (TPSA) is 32.8 Å². The maximum atomic E-state index is 12.4. The second-order valence-corrected chi connectivity index (χ2v) is 7.72. The van der Waals surface area contributed by atoms with E-state index >= 15 is 0 Å². The fourth-order valence-electron chi connectivity index (χ4n) is 4.84. The van der Waals surface area contributed by atoms with Gasteiger partial charge in [0.25, 0.3) is 0 Å².